The van der Waals surface area contributed by atoms with Crippen LogP contribution >= 0.6 is 50.5 Å². The van der Waals surface area contributed by atoms with Crippen LogP contribution in [-0.2, 0) is 0 Å². The van der Waals surface area contributed by atoms with Crippen molar-refractivity contribution in [3.63, 3.8) is 0 Å². The van der Waals surface area contributed by atoms with Gasteiger partial charge in [-0.25, -0.2) is 9.97 Å². The lowest BCUT2D eigenvalue weighted by molar-refractivity contribution is 0.715. The van der Waals surface area contributed by atoms with Gasteiger partial charge in [-0.1, -0.05) is 36.0 Å². The lowest BCUT2D eigenvalue weighted by Crippen LogP contribution is -2.01. The van der Waals surface area contributed by atoms with Gasteiger partial charge in [0, 0.05) is 15.4 Å². The summed E-state index contributed by atoms with van der Waals surface area (Å²) in [6, 6.07) is 1.97. The quantitative estimate of drug-likeness (QED) is 0.606. The predicted octanol–water partition coefficient (Wildman–Crippen LogP) is 5.93. The van der Waals surface area contributed by atoms with Gasteiger partial charge in [-0.05, 0) is 40.8 Å². The molecule has 0 aliphatic heterocycles. The van der Waals surface area contributed by atoms with Crippen LogP contribution in [0.25, 0.3) is 10.7 Å². The topological polar surface area (TPSA) is 25.8 Å². The van der Waals surface area contributed by atoms with Crippen LogP contribution in [0.2, 0.25) is 10.3 Å². The molecule has 0 amide bonds. The summed E-state index contributed by atoms with van der Waals surface area (Å²) in [4.78, 5) is 9.81. The van der Waals surface area contributed by atoms with E-state index in [1.807, 2.05) is 11.4 Å². The van der Waals surface area contributed by atoms with E-state index >= 15 is 0 Å². The van der Waals surface area contributed by atoms with Gasteiger partial charge in [-0.3, -0.25) is 0 Å². The Balaban J connectivity index is 2.02. The molecule has 3 rings (SSSR count). The molecule has 100 valence electrons. The second kappa shape index (κ2) is 5.68. The summed E-state index contributed by atoms with van der Waals surface area (Å²) < 4.78 is 1.02. The fourth-order valence-electron chi connectivity index (χ4n) is 2.51. The lowest BCUT2D eigenvalue weighted by atomic mass is 10.0. The van der Waals surface area contributed by atoms with E-state index < -0.39 is 0 Å². The average molecular weight is 378 g/mol. The highest BCUT2D eigenvalue weighted by molar-refractivity contribution is 9.10. The van der Waals surface area contributed by atoms with E-state index in [9.17, 15) is 0 Å². The summed E-state index contributed by atoms with van der Waals surface area (Å²) in [7, 11) is 0. The van der Waals surface area contributed by atoms with Crippen LogP contribution in [0.15, 0.2) is 15.9 Å². The van der Waals surface area contributed by atoms with Crippen molar-refractivity contribution in [2.45, 2.75) is 31.6 Å². The molecule has 2 heterocycles. The zero-order valence-electron chi connectivity index (χ0n) is 10.00. The molecular weight excluding hydrogens is 367 g/mol. The minimum Gasteiger partial charge on any atom is -0.215 e. The molecule has 0 N–H and O–H groups in total. The lowest BCUT2D eigenvalue weighted by Gasteiger charge is -2.13. The van der Waals surface area contributed by atoms with Crippen LogP contribution in [0.1, 0.15) is 37.2 Å². The molecule has 19 heavy (non-hydrogen) atoms. The molecule has 1 saturated carbocycles. The Morgan fingerprint density at radius 3 is 2.32 bits per heavy atom. The van der Waals surface area contributed by atoms with Gasteiger partial charge in [0.25, 0.3) is 0 Å². The van der Waals surface area contributed by atoms with Crippen molar-refractivity contribution in [1.29, 1.82) is 0 Å². The minimum absolute atomic E-state index is 0.420. The maximum atomic E-state index is 6.33. The Hall–Kier alpha value is -0.160. The average Bonchev–Trinajstić information content (AvgIpc) is 2.99. The Morgan fingerprint density at radius 1 is 1.16 bits per heavy atom. The van der Waals surface area contributed by atoms with Gasteiger partial charge in [-0.15, -0.1) is 11.3 Å². The number of nitrogens with zero attached hydrogens (tertiary/aromatic N) is 2. The third-order valence-electron chi connectivity index (χ3n) is 3.40. The SMILES string of the molecule is Clc1nc(-c2cc(Br)cs2)nc(Cl)c1C1CCCC1. The summed E-state index contributed by atoms with van der Waals surface area (Å²) in [5.74, 6) is 1.02. The Kier molecular flexibility index (Phi) is 4.13. The normalized spacial score (nSPS) is 16.2. The van der Waals surface area contributed by atoms with Gasteiger partial charge in [-0.2, -0.15) is 0 Å². The first-order valence-corrected chi connectivity index (χ1v) is 8.55. The van der Waals surface area contributed by atoms with Gasteiger partial charge in [0.15, 0.2) is 5.82 Å². The van der Waals surface area contributed by atoms with Crippen molar-refractivity contribution in [2.24, 2.45) is 0 Å². The zero-order valence-corrected chi connectivity index (χ0v) is 13.9. The standard InChI is InChI=1S/C13H11BrCl2N2S/c14-8-5-9(19-6-8)13-17-11(15)10(12(16)18-13)7-3-1-2-4-7/h5-7H,1-4H2. The predicted molar refractivity (Wildman–Crippen MR) is 84.3 cm³/mol. The van der Waals surface area contributed by atoms with Crippen LogP contribution in [0, 0.1) is 0 Å². The molecule has 0 saturated heterocycles. The first-order valence-electron chi connectivity index (χ1n) is 6.12. The van der Waals surface area contributed by atoms with Gasteiger partial charge in [0.2, 0.25) is 0 Å². The highest BCUT2D eigenvalue weighted by Gasteiger charge is 2.24. The fourth-order valence-corrected chi connectivity index (χ4v) is 4.56. The molecule has 0 spiro atoms. The largest absolute Gasteiger partial charge is 0.215 e. The van der Waals surface area contributed by atoms with Gasteiger partial charge in [0.1, 0.15) is 10.3 Å². The van der Waals surface area contributed by atoms with E-state index in [2.05, 4.69) is 25.9 Å². The molecule has 2 aromatic heterocycles. The summed E-state index contributed by atoms with van der Waals surface area (Å²) >= 11 is 17.7. The summed E-state index contributed by atoms with van der Waals surface area (Å²) in [6.45, 7) is 0. The Labute approximate surface area is 134 Å². The van der Waals surface area contributed by atoms with Crippen LogP contribution in [0.4, 0.5) is 0 Å². The molecule has 2 aromatic rings. The molecule has 1 fully saturated rings. The number of halogens is 3. The van der Waals surface area contributed by atoms with Gasteiger partial charge in [0.05, 0.1) is 4.88 Å². The highest BCUT2D eigenvalue weighted by Crippen LogP contribution is 2.41. The Morgan fingerprint density at radius 2 is 1.79 bits per heavy atom. The molecule has 0 bridgehead atoms. The van der Waals surface area contributed by atoms with Gasteiger partial charge < -0.3 is 0 Å². The molecule has 1 aliphatic rings. The third-order valence-corrected chi connectivity index (χ3v) is 5.67. The number of hydrogen-bond acceptors (Lipinski definition) is 3. The number of rotatable bonds is 2. The van der Waals surface area contributed by atoms with Crippen molar-refractivity contribution >= 4 is 50.5 Å². The van der Waals surface area contributed by atoms with Crippen LogP contribution in [0.5, 0.6) is 0 Å². The van der Waals surface area contributed by atoms with E-state index in [-0.39, 0.29) is 0 Å². The molecule has 0 atom stereocenters. The second-order valence-corrected chi connectivity index (χ2v) is 7.20. The molecular formula is C13H11BrCl2N2S. The molecule has 1 aliphatic carbocycles. The third kappa shape index (κ3) is 2.82. The van der Waals surface area contributed by atoms with Crippen molar-refractivity contribution in [3.05, 3.63) is 31.8 Å². The second-order valence-electron chi connectivity index (χ2n) is 4.65. The van der Waals surface area contributed by atoms with E-state index in [1.54, 1.807) is 11.3 Å². The van der Waals surface area contributed by atoms with Crippen molar-refractivity contribution in [3.8, 4) is 10.7 Å². The molecule has 6 heteroatoms. The van der Waals surface area contributed by atoms with E-state index in [0.29, 0.717) is 22.0 Å². The minimum atomic E-state index is 0.420. The Bertz CT molecular complexity index is 585. The fraction of sp³-hybridized carbons (Fsp3) is 0.385. The highest BCUT2D eigenvalue weighted by atomic mass is 79.9. The number of thiophene rings is 1. The zero-order chi connectivity index (χ0) is 13.4. The maximum Gasteiger partial charge on any atom is 0.172 e. The molecule has 0 radical (unpaired) electrons. The number of hydrogen-bond donors (Lipinski definition) is 0. The van der Waals surface area contributed by atoms with Crippen molar-refractivity contribution < 1.29 is 0 Å². The smallest absolute Gasteiger partial charge is 0.172 e. The first kappa shape index (κ1) is 13.8. The summed E-state index contributed by atoms with van der Waals surface area (Å²) in [5.41, 5.74) is 0.931. The van der Waals surface area contributed by atoms with Crippen LogP contribution in [-0.4, -0.2) is 9.97 Å². The van der Waals surface area contributed by atoms with E-state index in [4.69, 9.17) is 23.2 Å². The maximum absolute atomic E-state index is 6.33. The monoisotopic (exact) mass is 376 g/mol. The van der Waals surface area contributed by atoms with Crippen molar-refractivity contribution in [1.82, 2.24) is 9.97 Å². The van der Waals surface area contributed by atoms with Crippen LogP contribution in [0.3, 0.4) is 0 Å². The molecule has 0 aromatic carbocycles. The van der Waals surface area contributed by atoms with E-state index in [1.165, 1.54) is 12.8 Å². The molecule has 2 nitrogen and oxygen atoms in total. The number of aromatic nitrogens is 2. The van der Waals surface area contributed by atoms with Gasteiger partial charge >= 0.3 is 0 Å². The molecule has 0 unspecified atom stereocenters. The summed E-state index contributed by atoms with van der Waals surface area (Å²) in [6.07, 6.45) is 4.73. The van der Waals surface area contributed by atoms with Crippen molar-refractivity contribution in [2.75, 3.05) is 0 Å². The van der Waals surface area contributed by atoms with E-state index in [0.717, 1.165) is 27.8 Å². The first-order chi connectivity index (χ1) is 9.15. The van der Waals surface area contributed by atoms with Crippen LogP contribution < -0.4 is 0 Å². The summed E-state index contributed by atoms with van der Waals surface area (Å²) in [5, 5.41) is 3.00.